The first-order valence-corrected chi connectivity index (χ1v) is 2.67. The summed E-state index contributed by atoms with van der Waals surface area (Å²) in [5, 5.41) is 8.27. The van der Waals surface area contributed by atoms with Crippen LogP contribution in [-0.4, -0.2) is 17.6 Å². The summed E-state index contributed by atoms with van der Waals surface area (Å²) < 4.78 is 28.3. The minimum Gasteiger partial charge on any atom is -0.481 e. The fraction of sp³-hybridized carbons (Fsp3) is 0.833. The van der Waals surface area contributed by atoms with Crippen LogP contribution in [0.25, 0.3) is 0 Å². The molecule has 3 N–H and O–H groups in total. The Hall–Kier alpha value is -0.570. The van der Waals surface area contributed by atoms with E-state index in [-0.39, 0.29) is 19.3 Å². The smallest absolute Gasteiger partial charge is 0.303 e. The molecule has 0 rings (SSSR count). The molecule has 54 valence electrons. The number of carboxylic acids is 1. The van der Waals surface area contributed by atoms with Gasteiger partial charge in [-0.2, -0.15) is 0 Å². The number of hydrogen-bond donors (Lipinski definition) is 2. The van der Waals surface area contributed by atoms with E-state index in [0.717, 1.165) is 0 Å². The van der Waals surface area contributed by atoms with E-state index in [4.69, 9.17) is 16.3 Å². The number of rotatable bonds is 5. The van der Waals surface area contributed by atoms with Crippen molar-refractivity contribution >= 4 is 5.97 Å². The average Bonchev–Trinajstić information content (AvgIpc) is 1.82. The zero-order chi connectivity index (χ0) is 10.7. The first-order chi connectivity index (χ1) is 5.67. The van der Waals surface area contributed by atoms with Crippen molar-refractivity contribution in [3.05, 3.63) is 0 Å². The normalized spacial score (nSPS) is 19.2. The molecule has 0 fully saturated rings. The van der Waals surface area contributed by atoms with E-state index in [0.29, 0.717) is 0 Å². The molecule has 0 aromatic rings. The highest BCUT2D eigenvalue weighted by Gasteiger charge is 1.94. The Bertz CT molecular complexity index is 190. The Morgan fingerprint density at radius 3 is 2.78 bits per heavy atom. The van der Waals surface area contributed by atoms with Crippen LogP contribution < -0.4 is 5.73 Å². The minimum absolute atomic E-state index is 0.0824. The van der Waals surface area contributed by atoms with Crippen LogP contribution in [-0.2, 0) is 4.79 Å². The minimum atomic E-state index is -2.43. The van der Waals surface area contributed by atoms with Crippen molar-refractivity contribution < 1.29 is 15.4 Å². The summed E-state index contributed by atoms with van der Waals surface area (Å²) in [7, 11) is 0. The maximum atomic E-state index is 10.1. The predicted molar refractivity (Wildman–Crippen MR) is 35.2 cm³/mol. The topological polar surface area (TPSA) is 63.3 Å². The summed E-state index contributed by atoms with van der Waals surface area (Å²) in [5.41, 5.74) is 4.94. The summed E-state index contributed by atoms with van der Waals surface area (Å²) in [6.45, 7) is -2.43. The first-order valence-electron chi connectivity index (χ1n) is 4.67. The molecule has 0 saturated carbocycles. The molecule has 0 radical (unpaired) electrons. The van der Waals surface area contributed by atoms with Crippen LogP contribution in [0.15, 0.2) is 0 Å². The van der Waals surface area contributed by atoms with E-state index in [9.17, 15) is 4.79 Å². The van der Waals surface area contributed by atoms with Gasteiger partial charge in [-0.05, 0) is 19.3 Å². The van der Waals surface area contributed by atoms with Crippen LogP contribution in [0.3, 0.4) is 0 Å². The Morgan fingerprint density at radius 2 is 2.33 bits per heavy atom. The lowest BCUT2D eigenvalue weighted by molar-refractivity contribution is -0.137. The van der Waals surface area contributed by atoms with Gasteiger partial charge >= 0.3 is 5.97 Å². The molecule has 0 aromatic heterocycles. The highest BCUT2D eigenvalue weighted by atomic mass is 16.4. The van der Waals surface area contributed by atoms with Gasteiger partial charge in [0.1, 0.15) is 0 Å². The van der Waals surface area contributed by atoms with Crippen LogP contribution in [0.5, 0.6) is 0 Å². The third-order valence-electron chi connectivity index (χ3n) is 0.794. The highest BCUT2D eigenvalue weighted by Crippen LogP contribution is 1.97. The predicted octanol–water partition coefficient (Wildman–Crippen LogP) is 0.590. The Balaban J connectivity index is 3.97. The van der Waals surface area contributed by atoms with Gasteiger partial charge in [0.15, 0.2) is 0 Å². The van der Waals surface area contributed by atoms with Gasteiger partial charge in [-0.15, -0.1) is 0 Å². The van der Waals surface area contributed by atoms with Crippen LogP contribution in [0.2, 0.25) is 0 Å². The number of hydrogen-bond acceptors (Lipinski definition) is 2. The lowest BCUT2D eigenvalue weighted by Crippen LogP contribution is -1.99. The first kappa shape index (κ1) is 3.56. The molecular weight excluding hydrogens is 118 g/mol. The van der Waals surface area contributed by atoms with Gasteiger partial charge in [0.05, 0.1) is 0 Å². The summed E-state index contributed by atoms with van der Waals surface area (Å²) in [5.74, 6) is -1.02. The second-order valence-electron chi connectivity index (χ2n) is 1.57. The quantitative estimate of drug-likeness (QED) is 0.580. The molecular formula is C6H13NO2. The van der Waals surface area contributed by atoms with Gasteiger partial charge in [0, 0.05) is 11.9 Å². The van der Waals surface area contributed by atoms with Crippen molar-refractivity contribution in [2.45, 2.75) is 25.6 Å². The lowest BCUT2D eigenvalue weighted by Gasteiger charge is -1.93. The second-order valence-corrected chi connectivity index (χ2v) is 1.57. The molecule has 0 atom stereocenters. The molecule has 0 aliphatic heterocycles. The largest absolute Gasteiger partial charge is 0.481 e. The summed E-state index contributed by atoms with van der Waals surface area (Å²) in [6.07, 6.45) is -2.46. The van der Waals surface area contributed by atoms with Crippen molar-refractivity contribution in [1.29, 1.82) is 0 Å². The molecule has 0 unspecified atom stereocenters. The van der Waals surface area contributed by atoms with Gasteiger partial charge in [0.25, 0.3) is 0 Å². The van der Waals surface area contributed by atoms with E-state index >= 15 is 0 Å². The molecule has 0 saturated heterocycles. The van der Waals surface area contributed by atoms with Gasteiger partial charge in [-0.1, -0.05) is 6.42 Å². The molecule has 0 heterocycles. The van der Waals surface area contributed by atoms with E-state index in [1.54, 1.807) is 0 Å². The third kappa shape index (κ3) is 7.43. The Labute approximate surface area is 60.5 Å². The lowest BCUT2D eigenvalue weighted by atomic mass is 10.2. The van der Waals surface area contributed by atoms with Gasteiger partial charge in [-0.25, -0.2) is 0 Å². The number of aliphatic carboxylic acids is 1. The van der Waals surface area contributed by atoms with Gasteiger partial charge < -0.3 is 10.8 Å². The zero-order valence-corrected chi connectivity index (χ0v) is 5.05. The fourth-order valence-electron chi connectivity index (χ4n) is 0.400. The fourth-order valence-corrected chi connectivity index (χ4v) is 0.400. The Morgan fingerprint density at radius 1 is 1.67 bits per heavy atom. The molecule has 0 spiro atoms. The van der Waals surface area contributed by atoms with Crippen molar-refractivity contribution in [1.82, 2.24) is 0 Å². The average molecular weight is 135 g/mol. The van der Waals surface area contributed by atoms with Crippen molar-refractivity contribution in [3.8, 4) is 0 Å². The van der Waals surface area contributed by atoms with Crippen LogP contribution in [0, 0.1) is 0 Å². The van der Waals surface area contributed by atoms with Crippen molar-refractivity contribution in [2.75, 3.05) is 6.50 Å². The Kier molecular flexibility index (Phi) is 2.20. The van der Waals surface area contributed by atoms with Gasteiger partial charge in [0.2, 0.25) is 0 Å². The standard InChI is InChI=1S/C6H13NO2/c7-5-3-1-2-4-6(8)9/h1-5,7H2,(H,8,9)/i3D2,5D2. The molecule has 0 bridgehead atoms. The second kappa shape index (κ2) is 5.56. The molecule has 3 nitrogen and oxygen atoms in total. The van der Waals surface area contributed by atoms with Crippen LogP contribution >= 0.6 is 0 Å². The molecule has 0 aromatic carbocycles. The van der Waals surface area contributed by atoms with Crippen LogP contribution in [0.1, 0.15) is 31.1 Å². The monoisotopic (exact) mass is 135 g/mol. The maximum absolute atomic E-state index is 10.1. The van der Waals surface area contributed by atoms with E-state index in [2.05, 4.69) is 0 Å². The van der Waals surface area contributed by atoms with E-state index in [1.807, 2.05) is 0 Å². The molecule has 0 aliphatic carbocycles. The van der Waals surface area contributed by atoms with Crippen molar-refractivity contribution in [3.63, 3.8) is 0 Å². The van der Waals surface area contributed by atoms with Gasteiger partial charge in [-0.3, -0.25) is 4.79 Å². The third-order valence-corrected chi connectivity index (χ3v) is 0.794. The molecule has 3 heteroatoms. The summed E-state index contributed by atoms with van der Waals surface area (Å²) in [6, 6.07) is 0. The highest BCUT2D eigenvalue weighted by molar-refractivity contribution is 5.66. The van der Waals surface area contributed by atoms with E-state index in [1.165, 1.54) is 0 Å². The van der Waals surface area contributed by atoms with E-state index < -0.39 is 18.8 Å². The summed E-state index contributed by atoms with van der Waals surface area (Å²) >= 11 is 0. The SMILES string of the molecule is [2H]C([2H])(N)C([2H])([2H])CCCC(=O)O. The van der Waals surface area contributed by atoms with Crippen LogP contribution in [0.4, 0.5) is 0 Å². The molecule has 0 amide bonds. The van der Waals surface area contributed by atoms with Crippen molar-refractivity contribution in [2.24, 2.45) is 5.73 Å². The summed E-state index contributed by atoms with van der Waals surface area (Å²) in [4.78, 5) is 10.1. The zero-order valence-electron chi connectivity index (χ0n) is 9.05. The number of nitrogens with two attached hydrogens (primary N) is 1. The molecule has 9 heavy (non-hydrogen) atoms. The molecule has 0 aliphatic rings. The number of carboxylic acid groups (broad SMARTS) is 1. The number of carbonyl (C=O) groups is 1. The maximum Gasteiger partial charge on any atom is 0.303 e.